The molecule has 5 nitrogen and oxygen atoms in total. The summed E-state index contributed by atoms with van der Waals surface area (Å²) < 4.78 is 7.04. The summed E-state index contributed by atoms with van der Waals surface area (Å²) in [5, 5.41) is 6.73. The Morgan fingerprint density at radius 1 is 0.327 bits per heavy atom. The molecule has 3 heterocycles. The van der Waals surface area contributed by atoms with Crippen LogP contribution in [0.3, 0.4) is 0 Å². The Hall–Kier alpha value is -7.86. The zero-order valence-electron chi connectivity index (χ0n) is 29.5. The summed E-state index contributed by atoms with van der Waals surface area (Å²) in [5.74, 6) is 0. The normalized spacial score (nSPS) is 11.6. The summed E-state index contributed by atoms with van der Waals surface area (Å²) in [6.45, 7) is 16.0. The number of benzene rings is 8. The minimum Gasteiger partial charge on any atom is -0.311 e. The van der Waals surface area contributed by atoms with Crippen LogP contribution in [0.1, 0.15) is 0 Å². The van der Waals surface area contributed by atoms with E-state index in [1.54, 1.807) is 0 Å². The monoisotopic (exact) mass is 699 g/mol. The highest BCUT2D eigenvalue weighted by atomic mass is 15.0. The second-order valence-electron chi connectivity index (χ2n) is 13.9. The molecule has 0 N–H and O–H groups in total. The van der Waals surface area contributed by atoms with Crippen LogP contribution in [0.15, 0.2) is 176 Å². The molecule has 0 atom stereocenters. The lowest BCUT2D eigenvalue weighted by Gasteiger charge is -2.19. The highest BCUT2D eigenvalue weighted by Crippen LogP contribution is 2.45. The molecule has 0 aliphatic heterocycles. The molecule has 254 valence electrons. The summed E-state index contributed by atoms with van der Waals surface area (Å²) in [5.41, 5.74) is 12.7. The van der Waals surface area contributed by atoms with Gasteiger partial charge in [0.25, 0.3) is 0 Å². The van der Waals surface area contributed by atoms with E-state index in [1.807, 2.05) is 36.4 Å². The van der Waals surface area contributed by atoms with E-state index in [0.29, 0.717) is 11.4 Å². The number of fused-ring (bicyclic) bond motifs is 9. The van der Waals surface area contributed by atoms with Crippen molar-refractivity contribution in [2.75, 3.05) is 0 Å². The number of nitrogens with zero attached hydrogens (tertiary/aromatic N) is 5. The SMILES string of the molecule is [C-]#[N+]c1ccc(-c2ccccc2-n2c3ccccc3c3c(-n4c5ccccc5c5ccccc54)cccc32)c(-n2c3ccccc3c3c([N+]#[C-])cccc32)c1. The molecule has 0 bridgehead atoms. The molecule has 3 aromatic heterocycles. The molecule has 0 aliphatic rings. The van der Waals surface area contributed by atoms with Gasteiger partial charge in [-0.15, -0.1) is 0 Å². The van der Waals surface area contributed by atoms with E-state index in [4.69, 9.17) is 13.1 Å². The van der Waals surface area contributed by atoms with Crippen LogP contribution in [0.25, 0.3) is 103 Å². The van der Waals surface area contributed by atoms with E-state index in [0.717, 1.165) is 61.0 Å². The van der Waals surface area contributed by atoms with Crippen molar-refractivity contribution in [2.45, 2.75) is 0 Å². The number of para-hydroxylation sites is 5. The minimum absolute atomic E-state index is 0.552. The van der Waals surface area contributed by atoms with Crippen molar-refractivity contribution in [2.24, 2.45) is 0 Å². The fourth-order valence-corrected chi connectivity index (χ4v) is 8.88. The Labute approximate surface area is 316 Å². The third-order valence-electron chi connectivity index (χ3n) is 11.1. The van der Waals surface area contributed by atoms with Crippen LogP contribution >= 0.6 is 0 Å². The molecule has 0 spiro atoms. The van der Waals surface area contributed by atoms with Crippen molar-refractivity contribution < 1.29 is 0 Å². The lowest BCUT2D eigenvalue weighted by Crippen LogP contribution is -2.01. The third-order valence-corrected chi connectivity index (χ3v) is 11.1. The molecule has 0 fully saturated rings. The first-order valence-corrected chi connectivity index (χ1v) is 18.3. The highest BCUT2D eigenvalue weighted by molar-refractivity contribution is 6.18. The van der Waals surface area contributed by atoms with Gasteiger partial charge in [0, 0.05) is 49.3 Å². The molecule has 11 rings (SSSR count). The molecule has 0 saturated carbocycles. The van der Waals surface area contributed by atoms with Crippen LogP contribution in [-0.4, -0.2) is 13.7 Å². The lowest BCUT2D eigenvalue weighted by molar-refractivity contribution is 1.16. The van der Waals surface area contributed by atoms with E-state index >= 15 is 0 Å². The van der Waals surface area contributed by atoms with Gasteiger partial charge in [-0.05, 0) is 60.0 Å². The molecule has 0 radical (unpaired) electrons. The lowest BCUT2D eigenvalue weighted by atomic mass is 10.00. The molecule has 0 unspecified atom stereocenters. The van der Waals surface area contributed by atoms with Crippen molar-refractivity contribution in [3.05, 3.63) is 199 Å². The van der Waals surface area contributed by atoms with E-state index in [-0.39, 0.29) is 0 Å². The number of hydrogen-bond acceptors (Lipinski definition) is 0. The van der Waals surface area contributed by atoms with Crippen LogP contribution in [0, 0.1) is 13.1 Å². The predicted molar refractivity (Wildman–Crippen MR) is 227 cm³/mol. The van der Waals surface area contributed by atoms with Crippen molar-refractivity contribution in [3.63, 3.8) is 0 Å². The second-order valence-corrected chi connectivity index (χ2v) is 13.9. The fraction of sp³-hybridized carbons (Fsp3) is 0. The van der Waals surface area contributed by atoms with Crippen molar-refractivity contribution in [1.82, 2.24) is 13.7 Å². The first-order valence-electron chi connectivity index (χ1n) is 18.3. The summed E-state index contributed by atoms with van der Waals surface area (Å²) >= 11 is 0. The van der Waals surface area contributed by atoms with E-state index in [1.165, 1.54) is 32.6 Å². The molecule has 0 amide bonds. The van der Waals surface area contributed by atoms with Crippen LogP contribution in [0.2, 0.25) is 0 Å². The van der Waals surface area contributed by atoms with E-state index in [9.17, 15) is 0 Å². The van der Waals surface area contributed by atoms with Crippen LogP contribution < -0.4 is 0 Å². The van der Waals surface area contributed by atoms with Crippen molar-refractivity contribution in [3.8, 4) is 28.2 Å². The zero-order chi connectivity index (χ0) is 36.6. The molecule has 11 aromatic rings. The Bertz CT molecular complexity index is 3420. The van der Waals surface area contributed by atoms with Gasteiger partial charge in [0.05, 0.1) is 52.1 Å². The maximum atomic E-state index is 8.02. The van der Waals surface area contributed by atoms with Gasteiger partial charge in [-0.25, -0.2) is 9.69 Å². The fourth-order valence-electron chi connectivity index (χ4n) is 8.88. The number of rotatable bonds is 4. The van der Waals surface area contributed by atoms with Crippen molar-refractivity contribution >= 4 is 76.8 Å². The first kappa shape index (κ1) is 30.7. The van der Waals surface area contributed by atoms with Crippen LogP contribution in [0.4, 0.5) is 11.4 Å². The number of hydrogen-bond donors (Lipinski definition) is 0. The maximum absolute atomic E-state index is 8.02. The van der Waals surface area contributed by atoms with Crippen molar-refractivity contribution in [1.29, 1.82) is 0 Å². The molecule has 0 aliphatic carbocycles. The Morgan fingerprint density at radius 3 is 1.44 bits per heavy atom. The summed E-state index contributed by atoms with van der Waals surface area (Å²) in [6.07, 6.45) is 0. The van der Waals surface area contributed by atoms with Crippen LogP contribution in [-0.2, 0) is 0 Å². The van der Waals surface area contributed by atoms with Gasteiger partial charge in [0.2, 0.25) is 0 Å². The summed E-state index contributed by atoms with van der Waals surface area (Å²) in [4.78, 5) is 7.80. The third kappa shape index (κ3) is 4.33. The zero-order valence-corrected chi connectivity index (χ0v) is 29.5. The Balaban J connectivity index is 1.23. The molecule has 8 aromatic carbocycles. The van der Waals surface area contributed by atoms with Gasteiger partial charge in [0.15, 0.2) is 11.4 Å². The Morgan fingerprint density at radius 2 is 0.782 bits per heavy atom. The van der Waals surface area contributed by atoms with E-state index < -0.39 is 0 Å². The second kappa shape index (κ2) is 11.8. The van der Waals surface area contributed by atoms with Gasteiger partial charge < -0.3 is 13.7 Å². The quantitative estimate of drug-likeness (QED) is 0.163. The minimum atomic E-state index is 0.552. The van der Waals surface area contributed by atoms with Gasteiger partial charge in [0.1, 0.15) is 0 Å². The maximum Gasteiger partial charge on any atom is 0.197 e. The smallest absolute Gasteiger partial charge is 0.197 e. The average Bonchev–Trinajstić information content (AvgIpc) is 3.89. The first-order chi connectivity index (χ1) is 27.2. The molecule has 55 heavy (non-hydrogen) atoms. The number of aromatic nitrogens is 3. The van der Waals surface area contributed by atoms with Gasteiger partial charge >= 0.3 is 0 Å². The standard InChI is InChI=1S/C50H29N5/c1-51-32-29-30-36(48(31-32)55-43-24-11-6-18-37(43)49-39(52-2)20-13-26-45(49)55)35-17-5-10-23-42(35)54-44-25-12-7-19-38(44)50-46(27-14-28-47(50)54)53-40-21-8-3-15-33(40)34-16-4-9-22-41(34)53/h3-31H. The van der Waals surface area contributed by atoms with Crippen LogP contribution in [0.5, 0.6) is 0 Å². The predicted octanol–water partition coefficient (Wildman–Crippen LogP) is 13.7. The molecule has 0 saturated heterocycles. The summed E-state index contributed by atoms with van der Waals surface area (Å²) in [7, 11) is 0. The average molecular weight is 700 g/mol. The highest BCUT2D eigenvalue weighted by Gasteiger charge is 2.23. The van der Waals surface area contributed by atoms with Gasteiger partial charge in [-0.3, -0.25) is 0 Å². The molecular weight excluding hydrogens is 671 g/mol. The molecular formula is C50H29N5. The van der Waals surface area contributed by atoms with Gasteiger partial charge in [-0.2, -0.15) is 0 Å². The Kier molecular flexibility index (Phi) is 6.61. The molecule has 5 heteroatoms. The summed E-state index contributed by atoms with van der Waals surface area (Å²) in [6, 6.07) is 61.4. The van der Waals surface area contributed by atoms with Gasteiger partial charge in [-0.1, -0.05) is 121 Å². The van der Waals surface area contributed by atoms with E-state index in [2.05, 4.69) is 163 Å². The largest absolute Gasteiger partial charge is 0.311 e. The topological polar surface area (TPSA) is 23.5 Å².